The molecule has 3 rings (SSSR count). The van der Waals surface area contributed by atoms with Crippen molar-refractivity contribution in [3.8, 4) is 5.75 Å². The second kappa shape index (κ2) is 4.61. The molecule has 4 nitrogen and oxygen atoms in total. The van der Waals surface area contributed by atoms with Crippen LogP contribution in [0.5, 0.6) is 5.75 Å². The molecule has 19 heavy (non-hydrogen) atoms. The molecule has 0 radical (unpaired) electrons. The molecule has 0 fully saturated rings. The molecule has 100 valence electrons. The van der Waals surface area contributed by atoms with Crippen molar-refractivity contribution in [3.63, 3.8) is 0 Å². The van der Waals surface area contributed by atoms with Gasteiger partial charge in [0.25, 0.3) is 0 Å². The fourth-order valence-corrected chi connectivity index (χ4v) is 2.88. The number of aromatic carboxylic acids is 1. The SMILES string of the molecule is CCOc1cc2[nH]c3c(c2cc1C(=O)O)CCCC3. The lowest BCUT2D eigenvalue weighted by molar-refractivity contribution is 0.0693. The van der Waals surface area contributed by atoms with Gasteiger partial charge in [0.05, 0.1) is 6.61 Å². The largest absolute Gasteiger partial charge is 0.493 e. The van der Waals surface area contributed by atoms with E-state index >= 15 is 0 Å². The summed E-state index contributed by atoms with van der Waals surface area (Å²) in [5.41, 5.74) is 3.78. The van der Waals surface area contributed by atoms with E-state index in [-0.39, 0.29) is 5.56 Å². The topological polar surface area (TPSA) is 62.3 Å². The number of nitrogens with one attached hydrogen (secondary N) is 1. The Kier molecular flexibility index (Phi) is 2.93. The second-order valence-electron chi connectivity index (χ2n) is 4.92. The molecule has 2 N–H and O–H groups in total. The number of hydrogen-bond donors (Lipinski definition) is 2. The lowest BCUT2D eigenvalue weighted by atomic mass is 9.95. The van der Waals surface area contributed by atoms with Gasteiger partial charge in [-0.3, -0.25) is 0 Å². The second-order valence-corrected chi connectivity index (χ2v) is 4.92. The van der Waals surface area contributed by atoms with Gasteiger partial charge in [0.15, 0.2) is 0 Å². The van der Waals surface area contributed by atoms with Crippen LogP contribution in [0.3, 0.4) is 0 Å². The lowest BCUT2D eigenvalue weighted by Crippen LogP contribution is -2.03. The number of benzene rings is 1. The summed E-state index contributed by atoms with van der Waals surface area (Å²) in [4.78, 5) is 14.7. The summed E-state index contributed by atoms with van der Waals surface area (Å²) >= 11 is 0. The molecule has 0 saturated heterocycles. The van der Waals surface area contributed by atoms with E-state index in [1.54, 1.807) is 6.07 Å². The van der Waals surface area contributed by atoms with Crippen LogP contribution in [0.15, 0.2) is 12.1 Å². The number of H-pyrrole nitrogens is 1. The first-order chi connectivity index (χ1) is 9.20. The van der Waals surface area contributed by atoms with Gasteiger partial charge in [-0.15, -0.1) is 0 Å². The van der Waals surface area contributed by atoms with Crippen LogP contribution in [0.1, 0.15) is 41.4 Å². The van der Waals surface area contributed by atoms with E-state index in [9.17, 15) is 9.90 Å². The van der Waals surface area contributed by atoms with Gasteiger partial charge in [-0.25, -0.2) is 4.79 Å². The molecule has 0 atom stereocenters. The van der Waals surface area contributed by atoms with Gasteiger partial charge in [0.1, 0.15) is 11.3 Å². The molecule has 1 aliphatic carbocycles. The molecule has 1 aromatic heterocycles. The number of rotatable bonds is 3. The molecule has 0 unspecified atom stereocenters. The molecule has 2 aromatic rings. The fourth-order valence-electron chi connectivity index (χ4n) is 2.88. The minimum Gasteiger partial charge on any atom is -0.493 e. The Morgan fingerprint density at radius 3 is 2.89 bits per heavy atom. The van der Waals surface area contributed by atoms with Gasteiger partial charge < -0.3 is 14.8 Å². The minimum absolute atomic E-state index is 0.252. The van der Waals surface area contributed by atoms with E-state index in [1.165, 1.54) is 24.1 Å². The molecule has 0 aliphatic heterocycles. The minimum atomic E-state index is -0.934. The van der Waals surface area contributed by atoms with Gasteiger partial charge in [0, 0.05) is 22.7 Å². The number of carbonyl (C=O) groups is 1. The van der Waals surface area contributed by atoms with Crippen LogP contribution >= 0.6 is 0 Å². The number of carboxylic acid groups (broad SMARTS) is 1. The third-order valence-electron chi connectivity index (χ3n) is 3.73. The summed E-state index contributed by atoms with van der Waals surface area (Å²) in [6.45, 7) is 2.32. The van der Waals surface area contributed by atoms with Crippen molar-refractivity contribution in [2.75, 3.05) is 6.61 Å². The molecular formula is C15H17NO3. The standard InChI is InChI=1S/C15H17NO3/c1-2-19-14-8-13-10(7-11(14)15(17)18)9-5-3-4-6-12(9)16-13/h7-8,16H,2-6H2,1H3,(H,17,18). The Bertz CT molecular complexity index is 642. The third-order valence-corrected chi connectivity index (χ3v) is 3.73. The van der Waals surface area contributed by atoms with Gasteiger partial charge in [0.2, 0.25) is 0 Å². The molecule has 1 heterocycles. The van der Waals surface area contributed by atoms with Crippen LogP contribution in [0.4, 0.5) is 0 Å². The zero-order valence-corrected chi connectivity index (χ0v) is 11.0. The van der Waals surface area contributed by atoms with E-state index in [2.05, 4.69) is 4.98 Å². The van der Waals surface area contributed by atoms with Crippen LogP contribution in [0, 0.1) is 0 Å². The maximum Gasteiger partial charge on any atom is 0.339 e. The Hall–Kier alpha value is -1.97. The Labute approximate surface area is 111 Å². The van der Waals surface area contributed by atoms with Gasteiger partial charge in [-0.2, -0.15) is 0 Å². The fraction of sp³-hybridized carbons (Fsp3) is 0.400. The highest BCUT2D eigenvalue weighted by molar-refractivity contribution is 5.98. The Morgan fingerprint density at radius 2 is 2.16 bits per heavy atom. The van der Waals surface area contributed by atoms with Gasteiger partial charge in [-0.1, -0.05) is 0 Å². The summed E-state index contributed by atoms with van der Waals surface area (Å²) < 4.78 is 5.44. The number of aromatic amines is 1. The first kappa shape index (κ1) is 12.1. The summed E-state index contributed by atoms with van der Waals surface area (Å²) in [6.07, 6.45) is 4.46. The summed E-state index contributed by atoms with van der Waals surface area (Å²) in [5.74, 6) is -0.489. The zero-order valence-electron chi connectivity index (χ0n) is 11.0. The third kappa shape index (κ3) is 1.97. The maximum absolute atomic E-state index is 11.3. The number of aromatic nitrogens is 1. The van der Waals surface area contributed by atoms with Crippen LogP contribution in [-0.2, 0) is 12.8 Å². The molecule has 0 saturated carbocycles. The van der Waals surface area contributed by atoms with E-state index in [0.717, 1.165) is 23.7 Å². The van der Waals surface area contributed by atoms with Crippen molar-refractivity contribution < 1.29 is 14.6 Å². The summed E-state index contributed by atoms with van der Waals surface area (Å²) in [6, 6.07) is 3.57. The molecule has 0 spiro atoms. The highest BCUT2D eigenvalue weighted by Crippen LogP contribution is 2.33. The predicted octanol–water partition coefficient (Wildman–Crippen LogP) is 3.14. The Morgan fingerprint density at radius 1 is 1.37 bits per heavy atom. The van der Waals surface area contributed by atoms with Crippen molar-refractivity contribution in [1.82, 2.24) is 4.98 Å². The molecule has 0 bridgehead atoms. The molecule has 4 heteroatoms. The number of aryl methyl sites for hydroxylation is 2. The summed E-state index contributed by atoms with van der Waals surface area (Å²) in [7, 11) is 0. The van der Waals surface area contributed by atoms with Crippen molar-refractivity contribution in [2.45, 2.75) is 32.6 Å². The summed E-state index contributed by atoms with van der Waals surface area (Å²) in [5, 5.41) is 10.3. The molecule has 0 amide bonds. The lowest BCUT2D eigenvalue weighted by Gasteiger charge is -2.11. The van der Waals surface area contributed by atoms with Crippen LogP contribution in [-0.4, -0.2) is 22.7 Å². The maximum atomic E-state index is 11.3. The number of fused-ring (bicyclic) bond motifs is 3. The van der Waals surface area contributed by atoms with Crippen molar-refractivity contribution in [1.29, 1.82) is 0 Å². The van der Waals surface area contributed by atoms with Crippen molar-refractivity contribution >= 4 is 16.9 Å². The molecule has 1 aliphatic rings. The first-order valence-corrected chi connectivity index (χ1v) is 6.74. The van der Waals surface area contributed by atoms with E-state index in [0.29, 0.717) is 12.4 Å². The van der Waals surface area contributed by atoms with Crippen molar-refractivity contribution in [2.24, 2.45) is 0 Å². The smallest absolute Gasteiger partial charge is 0.339 e. The number of carboxylic acids is 1. The average molecular weight is 259 g/mol. The quantitative estimate of drug-likeness (QED) is 0.890. The zero-order chi connectivity index (χ0) is 13.4. The Balaban J connectivity index is 2.22. The molecular weight excluding hydrogens is 242 g/mol. The first-order valence-electron chi connectivity index (χ1n) is 6.74. The van der Waals surface area contributed by atoms with E-state index in [1.807, 2.05) is 13.0 Å². The normalized spacial score (nSPS) is 14.4. The van der Waals surface area contributed by atoms with E-state index in [4.69, 9.17) is 4.74 Å². The number of hydrogen-bond acceptors (Lipinski definition) is 2. The van der Waals surface area contributed by atoms with Crippen LogP contribution in [0.2, 0.25) is 0 Å². The number of ether oxygens (including phenoxy) is 1. The monoisotopic (exact) mass is 259 g/mol. The highest BCUT2D eigenvalue weighted by atomic mass is 16.5. The van der Waals surface area contributed by atoms with Crippen LogP contribution in [0.25, 0.3) is 10.9 Å². The van der Waals surface area contributed by atoms with Crippen LogP contribution < -0.4 is 4.74 Å². The molecule has 1 aromatic carbocycles. The van der Waals surface area contributed by atoms with Crippen molar-refractivity contribution in [3.05, 3.63) is 29.0 Å². The van der Waals surface area contributed by atoms with Gasteiger partial charge >= 0.3 is 5.97 Å². The van der Waals surface area contributed by atoms with E-state index < -0.39 is 5.97 Å². The predicted molar refractivity (Wildman–Crippen MR) is 73.1 cm³/mol. The van der Waals surface area contributed by atoms with Gasteiger partial charge in [-0.05, 0) is 44.2 Å². The highest BCUT2D eigenvalue weighted by Gasteiger charge is 2.19. The average Bonchev–Trinajstić information content (AvgIpc) is 2.75.